The van der Waals surface area contributed by atoms with Crippen molar-refractivity contribution >= 4 is 17.3 Å². The van der Waals surface area contributed by atoms with Crippen LogP contribution in [-0.4, -0.2) is 49.5 Å². The van der Waals surface area contributed by atoms with Crippen LogP contribution in [0.15, 0.2) is 77.0 Å². The maximum absolute atomic E-state index is 14.7. The number of amides is 1. The van der Waals surface area contributed by atoms with Gasteiger partial charge in [0.05, 0.1) is 30.8 Å². The van der Waals surface area contributed by atoms with Gasteiger partial charge in [0.15, 0.2) is 0 Å². The van der Waals surface area contributed by atoms with Gasteiger partial charge >= 0.3 is 0 Å². The molecule has 0 spiro atoms. The molecule has 3 heterocycles. The molecule has 7 heteroatoms. The van der Waals surface area contributed by atoms with E-state index in [9.17, 15) is 9.18 Å². The number of allylic oxidation sites excluding steroid dienone is 5. The van der Waals surface area contributed by atoms with Gasteiger partial charge in [-0.05, 0) is 55.0 Å². The molecule has 3 aliphatic rings. The molecule has 1 fully saturated rings. The summed E-state index contributed by atoms with van der Waals surface area (Å²) in [6.07, 6.45) is 11.8. The first-order chi connectivity index (χ1) is 17.6. The van der Waals surface area contributed by atoms with Crippen molar-refractivity contribution in [3.05, 3.63) is 83.1 Å². The van der Waals surface area contributed by atoms with E-state index in [1.54, 1.807) is 12.2 Å². The Labute approximate surface area is 211 Å². The van der Waals surface area contributed by atoms with Gasteiger partial charge in [-0.25, -0.2) is 4.39 Å². The number of hydrogen-bond acceptors (Lipinski definition) is 5. The van der Waals surface area contributed by atoms with Crippen LogP contribution in [0.1, 0.15) is 37.3 Å². The molecule has 1 N–H and O–H groups in total. The number of aromatic nitrogens is 1. The van der Waals surface area contributed by atoms with E-state index in [2.05, 4.69) is 38.4 Å². The van der Waals surface area contributed by atoms with Crippen LogP contribution in [0.2, 0.25) is 0 Å². The molecule has 1 saturated heterocycles. The van der Waals surface area contributed by atoms with Crippen molar-refractivity contribution in [2.75, 3.05) is 37.7 Å². The topological polar surface area (TPSA) is 66.8 Å². The second-order valence-corrected chi connectivity index (χ2v) is 9.21. The number of aliphatic imine (C=N–C) groups is 1. The van der Waals surface area contributed by atoms with Crippen LogP contribution in [0, 0.1) is 0 Å². The predicted octanol–water partition coefficient (Wildman–Crippen LogP) is 4.91. The number of rotatable bonds is 5. The molecule has 186 valence electrons. The van der Waals surface area contributed by atoms with Gasteiger partial charge < -0.3 is 15.0 Å². The first kappa shape index (κ1) is 24.1. The minimum atomic E-state index is -0.444. The summed E-state index contributed by atoms with van der Waals surface area (Å²) in [4.78, 5) is 24.7. The molecule has 2 aliphatic heterocycles. The summed E-state index contributed by atoms with van der Waals surface area (Å²) < 4.78 is 20.1. The Balaban J connectivity index is 1.43. The van der Waals surface area contributed by atoms with Crippen molar-refractivity contribution in [2.45, 2.75) is 32.6 Å². The first-order valence-corrected chi connectivity index (χ1v) is 12.7. The van der Waals surface area contributed by atoms with Crippen molar-refractivity contribution < 1.29 is 13.9 Å². The molecule has 0 radical (unpaired) electrons. The Morgan fingerprint density at radius 2 is 2.00 bits per heavy atom. The zero-order valence-corrected chi connectivity index (χ0v) is 20.6. The van der Waals surface area contributed by atoms with Crippen LogP contribution in [0.3, 0.4) is 0 Å². The molecule has 1 aromatic carbocycles. The lowest BCUT2D eigenvalue weighted by atomic mass is 9.95. The van der Waals surface area contributed by atoms with Gasteiger partial charge in [0.2, 0.25) is 0 Å². The summed E-state index contributed by atoms with van der Waals surface area (Å²) in [7, 11) is 0. The van der Waals surface area contributed by atoms with E-state index in [0.29, 0.717) is 31.9 Å². The smallest absolute Gasteiger partial charge is 0.274 e. The number of nitrogens with one attached hydrogen (secondary N) is 1. The van der Waals surface area contributed by atoms with E-state index in [1.165, 1.54) is 6.08 Å². The zero-order valence-electron chi connectivity index (χ0n) is 20.6. The highest BCUT2D eigenvalue weighted by molar-refractivity contribution is 6.46. The molecule has 1 amide bonds. The summed E-state index contributed by atoms with van der Waals surface area (Å²) in [5.74, 6) is -0.828. The molecule has 0 unspecified atom stereocenters. The molecular formula is C29H31FN4O2. The summed E-state index contributed by atoms with van der Waals surface area (Å²) in [5.41, 5.74) is 6.53. The number of fused-ring (bicyclic) bond motifs is 1. The van der Waals surface area contributed by atoms with Crippen LogP contribution >= 0.6 is 0 Å². The van der Waals surface area contributed by atoms with Crippen LogP contribution in [0.5, 0.6) is 0 Å². The molecule has 0 atom stereocenters. The highest BCUT2D eigenvalue weighted by Crippen LogP contribution is 2.28. The van der Waals surface area contributed by atoms with E-state index in [0.717, 1.165) is 65.9 Å². The number of carbonyl (C=O) groups excluding carboxylic acids is 1. The molecule has 1 aromatic heterocycles. The molecule has 1 aliphatic carbocycles. The lowest BCUT2D eigenvalue weighted by Gasteiger charge is -2.28. The maximum Gasteiger partial charge on any atom is 0.274 e. The fourth-order valence-corrected chi connectivity index (χ4v) is 4.75. The summed E-state index contributed by atoms with van der Waals surface area (Å²) in [6.45, 7) is 5.68. The van der Waals surface area contributed by atoms with Gasteiger partial charge in [0.1, 0.15) is 11.5 Å². The van der Waals surface area contributed by atoms with E-state index >= 15 is 0 Å². The Kier molecular flexibility index (Phi) is 7.37. The SMILES string of the molecule is CCC1=CC=C(F)C(NC(=O)C2=NCCCc3ccc(-c4cncc(N5CCOCC5)c4)cc32)=CC1. The molecule has 0 saturated carbocycles. The number of halogens is 1. The van der Waals surface area contributed by atoms with E-state index in [-0.39, 0.29) is 11.6 Å². The number of nitrogens with zero attached hydrogens (tertiary/aromatic N) is 3. The second-order valence-electron chi connectivity index (χ2n) is 9.21. The third-order valence-electron chi connectivity index (χ3n) is 6.88. The van der Waals surface area contributed by atoms with Crippen molar-refractivity contribution in [3.8, 4) is 11.1 Å². The third kappa shape index (κ3) is 5.31. The fraction of sp³-hybridized carbons (Fsp3) is 0.345. The van der Waals surface area contributed by atoms with Crippen molar-refractivity contribution in [3.63, 3.8) is 0 Å². The van der Waals surface area contributed by atoms with Crippen molar-refractivity contribution in [2.24, 2.45) is 4.99 Å². The van der Waals surface area contributed by atoms with Gasteiger partial charge in [-0.15, -0.1) is 0 Å². The van der Waals surface area contributed by atoms with Crippen LogP contribution in [-0.2, 0) is 16.0 Å². The Morgan fingerprint density at radius 1 is 1.14 bits per heavy atom. The molecule has 5 rings (SSSR count). The molecule has 36 heavy (non-hydrogen) atoms. The van der Waals surface area contributed by atoms with Crippen LogP contribution in [0.4, 0.5) is 10.1 Å². The monoisotopic (exact) mass is 486 g/mol. The fourth-order valence-electron chi connectivity index (χ4n) is 4.75. The van der Waals surface area contributed by atoms with Gasteiger partial charge in [0.25, 0.3) is 5.91 Å². The minimum absolute atomic E-state index is 0.201. The summed E-state index contributed by atoms with van der Waals surface area (Å²) in [5, 5.41) is 2.79. The Morgan fingerprint density at radius 3 is 2.83 bits per heavy atom. The van der Waals surface area contributed by atoms with Gasteiger partial charge in [-0.1, -0.05) is 36.8 Å². The summed E-state index contributed by atoms with van der Waals surface area (Å²) >= 11 is 0. The third-order valence-corrected chi connectivity index (χ3v) is 6.88. The number of pyridine rings is 1. The van der Waals surface area contributed by atoms with E-state index in [4.69, 9.17) is 4.74 Å². The molecule has 6 nitrogen and oxygen atoms in total. The van der Waals surface area contributed by atoms with Crippen molar-refractivity contribution in [1.29, 1.82) is 0 Å². The average molecular weight is 487 g/mol. The zero-order chi connectivity index (χ0) is 24.9. The van der Waals surface area contributed by atoms with Gasteiger partial charge in [-0.3, -0.25) is 14.8 Å². The Bertz CT molecular complexity index is 1270. The highest BCUT2D eigenvalue weighted by Gasteiger charge is 2.23. The second kappa shape index (κ2) is 11.0. The predicted molar refractivity (Wildman–Crippen MR) is 141 cm³/mol. The summed E-state index contributed by atoms with van der Waals surface area (Å²) in [6, 6.07) is 8.29. The lowest BCUT2D eigenvalue weighted by molar-refractivity contribution is -0.114. The number of hydrogen-bond donors (Lipinski definition) is 1. The van der Waals surface area contributed by atoms with Crippen molar-refractivity contribution in [1.82, 2.24) is 10.3 Å². The van der Waals surface area contributed by atoms with Gasteiger partial charge in [-0.2, -0.15) is 0 Å². The van der Waals surface area contributed by atoms with Crippen LogP contribution < -0.4 is 10.2 Å². The molecule has 0 bridgehead atoms. The Hall–Kier alpha value is -3.58. The normalized spacial score (nSPS) is 18.1. The highest BCUT2D eigenvalue weighted by atomic mass is 19.1. The minimum Gasteiger partial charge on any atom is -0.378 e. The van der Waals surface area contributed by atoms with E-state index in [1.807, 2.05) is 25.4 Å². The largest absolute Gasteiger partial charge is 0.378 e. The first-order valence-electron chi connectivity index (χ1n) is 12.7. The van der Waals surface area contributed by atoms with E-state index < -0.39 is 5.83 Å². The number of ether oxygens (including phenoxy) is 1. The number of anilines is 1. The molecule has 2 aromatic rings. The van der Waals surface area contributed by atoms with Crippen LogP contribution in [0.25, 0.3) is 11.1 Å². The van der Waals surface area contributed by atoms with Gasteiger partial charge in [0, 0.05) is 37.0 Å². The maximum atomic E-state index is 14.7. The quantitative estimate of drug-likeness (QED) is 0.652. The lowest BCUT2D eigenvalue weighted by Crippen LogP contribution is -2.36. The molecular weight excluding hydrogens is 455 g/mol. The number of benzene rings is 1. The number of carbonyl (C=O) groups is 1. The standard InChI is InChI=1S/C29H31FN4O2/c1-2-20-5-9-26(30)27(10-6-20)33-29(35)28-25-17-22(8-7-21(25)4-3-11-32-28)23-16-24(19-31-18-23)34-12-14-36-15-13-34/h5,7-10,16-19H,2-4,6,11-15H2,1H3,(H,33,35). The number of morpholine rings is 1. The number of aryl methyl sites for hydroxylation is 1. The average Bonchev–Trinajstić information content (AvgIpc) is 3.25.